The molecule has 1 aromatic heterocycles. The Morgan fingerprint density at radius 1 is 1.39 bits per heavy atom. The number of nitrogens with one attached hydrogen (secondary N) is 2. The molecule has 1 rings (SSSR count). The second-order valence-corrected chi connectivity index (χ2v) is 8.91. The Labute approximate surface area is 143 Å². The molecular formula is C15H27N3O3S2. The molecule has 23 heavy (non-hydrogen) atoms. The van der Waals surface area contributed by atoms with Crippen LogP contribution in [0.2, 0.25) is 0 Å². The van der Waals surface area contributed by atoms with Crippen molar-refractivity contribution >= 4 is 27.1 Å². The van der Waals surface area contributed by atoms with Crippen LogP contribution in [0.4, 0.5) is 0 Å². The predicted octanol–water partition coefficient (Wildman–Crippen LogP) is 1.48. The fourth-order valence-electron chi connectivity index (χ4n) is 1.85. The molecule has 6 nitrogen and oxygen atoms in total. The van der Waals surface area contributed by atoms with E-state index in [0.717, 1.165) is 24.3 Å². The minimum absolute atomic E-state index is 0.0433. The second kappa shape index (κ2) is 9.89. The van der Waals surface area contributed by atoms with Gasteiger partial charge in [-0.1, -0.05) is 19.9 Å². The van der Waals surface area contributed by atoms with Gasteiger partial charge in [0.05, 0.1) is 18.4 Å². The van der Waals surface area contributed by atoms with Gasteiger partial charge in [-0.15, -0.1) is 11.3 Å². The minimum atomic E-state index is -3.45. The number of aliphatic hydroxyl groups excluding tert-OH is 1. The Kier molecular flexibility index (Phi) is 8.57. The normalized spacial score (nSPS) is 14.0. The zero-order valence-electron chi connectivity index (χ0n) is 13.9. The molecule has 0 bridgehead atoms. The van der Waals surface area contributed by atoms with E-state index in [1.807, 2.05) is 6.92 Å². The van der Waals surface area contributed by atoms with E-state index in [9.17, 15) is 13.5 Å². The van der Waals surface area contributed by atoms with Crippen LogP contribution < -0.4 is 10.6 Å². The van der Waals surface area contributed by atoms with Crippen molar-refractivity contribution in [3.05, 3.63) is 17.5 Å². The summed E-state index contributed by atoms with van der Waals surface area (Å²) in [4.78, 5) is 4.26. The van der Waals surface area contributed by atoms with Crippen LogP contribution in [0.25, 0.3) is 0 Å². The van der Waals surface area contributed by atoms with E-state index in [1.165, 1.54) is 0 Å². The van der Waals surface area contributed by atoms with Crippen molar-refractivity contribution in [1.29, 1.82) is 0 Å². The first-order chi connectivity index (χ1) is 10.8. The molecule has 0 aromatic carbocycles. The Morgan fingerprint density at radius 3 is 2.70 bits per heavy atom. The van der Waals surface area contributed by atoms with Gasteiger partial charge in [0.2, 0.25) is 0 Å². The summed E-state index contributed by atoms with van der Waals surface area (Å²) in [5.74, 6) is 0.871. The third kappa shape index (κ3) is 7.81. The summed E-state index contributed by atoms with van der Waals surface area (Å²) in [6, 6.07) is 3.23. The van der Waals surface area contributed by atoms with Crippen molar-refractivity contribution in [1.82, 2.24) is 10.6 Å². The number of rotatable bonds is 9. The lowest BCUT2D eigenvalue weighted by Gasteiger charge is -2.14. The lowest BCUT2D eigenvalue weighted by Crippen LogP contribution is -2.39. The summed E-state index contributed by atoms with van der Waals surface area (Å²) in [7, 11) is -3.45. The Morgan fingerprint density at radius 2 is 2.13 bits per heavy atom. The number of hydrogen-bond donors (Lipinski definition) is 3. The Balaban J connectivity index is 2.54. The molecule has 0 amide bonds. The maximum Gasteiger partial charge on any atom is 0.191 e. The number of aliphatic hydroxyl groups is 1. The average molecular weight is 362 g/mol. The van der Waals surface area contributed by atoms with Crippen molar-refractivity contribution < 1.29 is 13.5 Å². The molecule has 1 unspecified atom stereocenters. The van der Waals surface area contributed by atoms with E-state index < -0.39 is 15.9 Å². The van der Waals surface area contributed by atoms with Crippen LogP contribution in [0, 0.1) is 5.92 Å². The quantitative estimate of drug-likeness (QED) is 0.458. The number of thiophene rings is 1. The zero-order chi connectivity index (χ0) is 17.3. The van der Waals surface area contributed by atoms with Gasteiger partial charge in [0.15, 0.2) is 15.8 Å². The topological polar surface area (TPSA) is 90.8 Å². The molecule has 8 heteroatoms. The standard InChI is InChI=1S/C15H27N3O3S2/c1-4-16-15(17-8-7-12(2)3)18-10-13(19)11-23(20,21)14-6-5-9-22-14/h5-6,9,12-13,19H,4,7-8,10-11H2,1-3H3,(H2,16,17,18). The van der Waals surface area contributed by atoms with Crippen LogP contribution in [0.1, 0.15) is 27.2 Å². The SMILES string of the molecule is CCNC(=NCC(O)CS(=O)(=O)c1cccs1)NCCC(C)C. The van der Waals surface area contributed by atoms with Gasteiger partial charge in [0, 0.05) is 13.1 Å². The summed E-state index contributed by atoms with van der Waals surface area (Å²) in [5.41, 5.74) is 0. The average Bonchev–Trinajstić information content (AvgIpc) is 2.99. The molecule has 0 saturated carbocycles. The number of sulfone groups is 1. The zero-order valence-corrected chi connectivity index (χ0v) is 15.6. The molecule has 0 spiro atoms. The first-order valence-electron chi connectivity index (χ1n) is 7.81. The van der Waals surface area contributed by atoms with E-state index in [0.29, 0.717) is 18.4 Å². The summed E-state index contributed by atoms with van der Waals surface area (Å²) in [5, 5.41) is 17.9. The molecule has 0 saturated heterocycles. The van der Waals surface area contributed by atoms with Gasteiger partial charge in [0.1, 0.15) is 4.21 Å². The maximum atomic E-state index is 12.1. The lowest BCUT2D eigenvalue weighted by molar-refractivity contribution is 0.206. The van der Waals surface area contributed by atoms with Crippen LogP contribution in [0.5, 0.6) is 0 Å². The summed E-state index contributed by atoms with van der Waals surface area (Å²) < 4.78 is 24.5. The molecule has 1 heterocycles. The highest BCUT2D eigenvalue weighted by Gasteiger charge is 2.20. The molecule has 132 valence electrons. The molecule has 1 aromatic rings. The van der Waals surface area contributed by atoms with Crippen LogP contribution in [-0.4, -0.2) is 51.0 Å². The van der Waals surface area contributed by atoms with E-state index in [-0.39, 0.29) is 16.5 Å². The van der Waals surface area contributed by atoms with Gasteiger partial charge >= 0.3 is 0 Å². The summed E-state index contributed by atoms with van der Waals surface area (Å²) in [6.07, 6.45) is -0.0117. The molecule has 0 fully saturated rings. The summed E-state index contributed by atoms with van der Waals surface area (Å²) >= 11 is 1.16. The molecule has 1 atom stereocenters. The van der Waals surface area contributed by atoms with Crippen LogP contribution in [-0.2, 0) is 9.84 Å². The minimum Gasteiger partial charge on any atom is -0.390 e. The fourth-order valence-corrected chi connectivity index (χ4v) is 4.31. The van der Waals surface area contributed by atoms with Gasteiger partial charge in [-0.25, -0.2) is 8.42 Å². The van der Waals surface area contributed by atoms with Crippen molar-refractivity contribution in [2.24, 2.45) is 10.9 Å². The predicted molar refractivity (Wildman–Crippen MR) is 95.8 cm³/mol. The van der Waals surface area contributed by atoms with Crippen LogP contribution >= 0.6 is 11.3 Å². The van der Waals surface area contributed by atoms with Crippen LogP contribution in [0.15, 0.2) is 26.7 Å². The second-order valence-electron chi connectivity index (χ2n) is 5.70. The van der Waals surface area contributed by atoms with E-state index in [1.54, 1.807) is 17.5 Å². The van der Waals surface area contributed by atoms with Gasteiger partial charge in [-0.3, -0.25) is 4.99 Å². The summed E-state index contributed by atoms with van der Waals surface area (Å²) in [6.45, 7) is 7.78. The number of hydrogen-bond acceptors (Lipinski definition) is 5. The smallest absolute Gasteiger partial charge is 0.191 e. The molecule has 0 radical (unpaired) electrons. The van der Waals surface area contributed by atoms with Crippen molar-refractivity contribution in [3.8, 4) is 0 Å². The molecular weight excluding hydrogens is 334 g/mol. The van der Waals surface area contributed by atoms with Gasteiger partial charge in [0.25, 0.3) is 0 Å². The van der Waals surface area contributed by atoms with Crippen molar-refractivity contribution in [3.63, 3.8) is 0 Å². The first-order valence-corrected chi connectivity index (χ1v) is 10.3. The highest BCUT2D eigenvalue weighted by molar-refractivity contribution is 7.93. The van der Waals surface area contributed by atoms with Gasteiger partial charge in [-0.05, 0) is 30.7 Å². The van der Waals surface area contributed by atoms with Crippen molar-refractivity contribution in [2.75, 3.05) is 25.4 Å². The van der Waals surface area contributed by atoms with E-state index in [2.05, 4.69) is 29.5 Å². The van der Waals surface area contributed by atoms with Crippen LogP contribution in [0.3, 0.4) is 0 Å². The number of aliphatic imine (C=N–C) groups is 1. The number of nitrogens with zero attached hydrogens (tertiary/aromatic N) is 1. The maximum absolute atomic E-state index is 12.1. The molecule has 0 aliphatic carbocycles. The Bertz CT molecular complexity index is 569. The highest BCUT2D eigenvalue weighted by atomic mass is 32.2. The van der Waals surface area contributed by atoms with E-state index in [4.69, 9.17) is 0 Å². The van der Waals surface area contributed by atoms with Crippen molar-refractivity contribution in [2.45, 2.75) is 37.5 Å². The number of guanidine groups is 1. The van der Waals surface area contributed by atoms with E-state index >= 15 is 0 Å². The largest absolute Gasteiger partial charge is 0.390 e. The Hall–Kier alpha value is -1.12. The van der Waals surface area contributed by atoms with Gasteiger partial charge < -0.3 is 15.7 Å². The van der Waals surface area contributed by atoms with Gasteiger partial charge in [-0.2, -0.15) is 0 Å². The first kappa shape index (κ1) is 19.9. The molecule has 0 aliphatic rings. The lowest BCUT2D eigenvalue weighted by atomic mass is 10.1. The monoisotopic (exact) mass is 361 g/mol. The highest BCUT2D eigenvalue weighted by Crippen LogP contribution is 2.18. The third-order valence-corrected chi connectivity index (χ3v) is 6.32. The fraction of sp³-hybridized carbons (Fsp3) is 0.667. The third-order valence-electron chi connectivity index (χ3n) is 3.03. The molecule has 3 N–H and O–H groups in total. The molecule has 0 aliphatic heterocycles.